The Kier molecular flexibility index (Phi) is 4.17. The van der Waals surface area contributed by atoms with E-state index in [1.54, 1.807) is 33.6 Å². The van der Waals surface area contributed by atoms with Crippen LogP contribution in [-0.4, -0.2) is 34.4 Å². The third-order valence-electron chi connectivity index (χ3n) is 5.55. The van der Waals surface area contributed by atoms with Crippen molar-refractivity contribution in [3.8, 4) is 22.8 Å². The van der Waals surface area contributed by atoms with Gasteiger partial charge in [-0.15, -0.1) is 0 Å². The number of aryl methyl sites for hydroxylation is 1. The van der Waals surface area contributed by atoms with Crippen molar-refractivity contribution < 1.29 is 14.3 Å². The molecule has 0 atom stereocenters. The zero-order valence-electron chi connectivity index (χ0n) is 16.6. The van der Waals surface area contributed by atoms with E-state index < -0.39 is 0 Å². The molecule has 7 heteroatoms. The normalized spacial score (nSPS) is 12.1. The second-order valence-corrected chi connectivity index (χ2v) is 7.05. The Hall–Kier alpha value is -3.87. The zero-order chi connectivity index (χ0) is 20.8. The molecule has 4 aromatic rings. The smallest absolute Gasteiger partial charge is 0.262 e. The van der Waals surface area contributed by atoms with E-state index in [0.717, 1.165) is 5.56 Å². The fourth-order valence-corrected chi connectivity index (χ4v) is 4.23. The maximum Gasteiger partial charge on any atom is 0.262 e. The van der Waals surface area contributed by atoms with Crippen LogP contribution in [0.5, 0.6) is 11.5 Å². The molecule has 5 rings (SSSR count). The first-order valence-corrected chi connectivity index (χ1v) is 9.58. The Labute approximate surface area is 172 Å². The number of hydrogen-bond donors (Lipinski definition) is 0. The Morgan fingerprint density at radius 2 is 1.73 bits per heavy atom. The van der Waals surface area contributed by atoms with Crippen molar-refractivity contribution >= 4 is 16.6 Å². The number of aromatic nitrogens is 3. The summed E-state index contributed by atoms with van der Waals surface area (Å²) in [6, 6.07) is 12.7. The summed E-state index contributed by atoms with van der Waals surface area (Å²) in [5.74, 6) is 0.689. The Morgan fingerprint density at radius 3 is 2.43 bits per heavy atom. The molecule has 1 aliphatic carbocycles. The summed E-state index contributed by atoms with van der Waals surface area (Å²) in [6.07, 6.45) is 3.54. The molecule has 0 amide bonds. The summed E-state index contributed by atoms with van der Waals surface area (Å²) >= 11 is 0. The lowest BCUT2D eigenvalue weighted by Gasteiger charge is -2.17. The van der Waals surface area contributed by atoms with Crippen LogP contribution in [-0.2, 0) is 13.1 Å². The molecule has 0 aliphatic heterocycles. The van der Waals surface area contributed by atoms with Gasteiger partial charge in [0.05, 0.1) is 37.4 Å². The van der Waals surface area contributed by atoms with E-state index >= 15 is 0 Å². The van der Waals surface area contributed by atoms with E-state index in [0.29, 0.717) is 52.2 Å². The van der Waals surface area contributed by atoms with Crippen molar-refractivity contribution in [3.63, 3.8) is 0 Å². The summed E-state index contributed by atoms with van der Waals surface area (Å²) in [6.45, 7) is 0.855. The van der Waals surface area contributed by atoms with Gasteiger partial charge in [-0.3, -0.25) is 14.3 Å². The average molecular weight is 401 g/mol. The third kappa shape index (κ3) is 2.48. The summed E-state index contributed by atoms with van der Waals surface area (Å²) in [4.78, 5) is 27.0. The van der Waals surface area contributed by atoms with Crippen molar-refractivity contribution in [2.75, 3.05) is 14.2 Å². The fourth-order valence-electron chi connectivity index (χ4n) is 4.23. The maximum absolute atomic E-state index is 13.7. The highest BCUT2D eigenvalue weighted by molar-refractivity contribution is 6.27. The topological polar surface area (TPSA) is 75.3 Å². The standard InChI is InChI=1S/C23H19N3O4/c1-29-17-9-8-16-18-20(14-6-3-4-7-15(14)21(18)27)26(13-12-25-11-5-10-24-25)23(28)19(16)22(17)30-2/h3-11H,12-13H2,1-2H3. The van der Waals surface area contributed by atoms with Crippen LogP contribution < -0.4 is 15.0 Å². The quantitative estimate of drug-likeness (QED) is 0.452. The van der Waals surface area contributed by atoms with Crippen molar-refractivity contribution in [1.29, 1.82) is 0 Å². The molecule has 0 saturated heterocycles. The van der Waals surface area contributed by atoms with Crippen molar-refractivity contribution in [1.82, 2.24) is 14.3 Å². The molecular weight excluding hydrogens is 382 g/mol. The molecule has 0 bridgehead atoms. The molecule has 0 spiro atoms. The molecule has 0 unspecified atom stereocenters. The number of fused-ring (bicyclic) bond motifs is 5. The van der Waals surface area contributed by atoms with Gasteiger partial charge in [0, 0.05) is 35.5 Å². The number of rotatable bonds is 5. The van der Waals surface area contributed by atoms with Crippen LogP contribution in [0, 0.1) is 0 Å². The Balaban J connectivity index is 1.86. The van der Waals surface area contributed by atoms with Gasteiger partial charge in [0.1, 0.15) is 0 Å². The van der Waals surface area contributed by atoms with Gasteiger partial charge >= 0.3 is 0 Å². The molecular formula is C23H19N3O4. The lowest BCUT2D eigenvalue weighted by atomic mass is 10.0. The lowest BCUT2D eigenvalue weighted by molar-refractivity contribution is 0.104. The SMILES string of the molecule is COc1ccc2c3c(n(CCn4cccn4)c(=O)c2c1OC)-c1ccccc1C3=O. The molecule has 0 N–H and O–H groups in total. The molecule has 30 heavy (non-hydrogen) atoms. The van der Waals surface area contributed by atoms with Gasteiger partial charge in [-0.2, -0.15) is 5.10 Å². The monoisotopic (exact) mass is 401 g/mol. The Bertz CT molecular complexity index is 1350. The first-order valence-electron chi connectivity index (χ1n) is 9.58. The van der Waals surface area contributed by atoms with Gasteiger partial charge in [0.15, 0.2) is 17.3 Å². The summed E-state index contributed by atoms with van der Waals surface area (Å²) in [5.41, 5.74) is 2.31. The van der Waals surface area contributed by atoms with Gasteiger partial charge in [-0.05, 0) is 18.2 Å². The van der Waals surface area contributed by atoms with Crippen molar-refractivity contribution in [2.24, 2.45) is 0 Å². The number of carbonyl (C=O) groups excluding carboxylic acids is 1. The van der Waals surface area contributed by atoms with Crippen LogP contribution in [0.3, 0.4) is 0 Å². The van der Waals surface area contributed by atoms with Gasteiger partial charge < -0.3 is 14.0 Å². The molecule has 2 aromatic heterocycles. The van der Waals surface area contributed by atoms with E-state index in [2.05, 4.69) is 5.10 Å². The number of benzene rings is 2. The summed E-state index contributed by atoms with van der Waals surface area (Å²) < 4.78 is 14.4. The molecule has 1 aliphatic rings. The number of hydrogen-bond acceptors (Lipinski definition) is 5. The first kappa shape index (κ1) is 18.2. The van der Waals surface area contributed by atoms with Crippen LogP contribution in [0.1, 0.15) is 15.9 Å². The largest absolute Gasteiger partial charge is 0.493 e. The van der Waals surface area contributed by atoms with E-state index in [9.17, 15) is 9.59 Å². The number of carbonyl (C=O) groups is 1. The van der Waals surface area contributed by atoms with Gasteiger partial charge in [-0.1, -0.05) is 24.3 Å². The minimum Gasteiger partial charge on any atom is -0.493 e. The minimum absolute atomic E-state index is 0.0920. The van der Waals surface area contributed by atoms with Crippen LogP contribution in [0.2, 0.25) is 0 Å². The Morgan fingerprint density at radius 1 is 0.933 bits per heavy atom. The second-order valence-electron chi connectivity index (χ2n) is 7.05. The van der Waals surface area contributed by atoms with E-state index in [-0.39, 0.29) is 11.3 Å². The second kappa shape index (κ2) is 6.88. The zero-order valence-corrected chi connectivity index (χ0v) is 16.6. The van der Waals surface area contributed by atoms with E-state index in [1.807, 2.05) is 30.5 Å². The molecule has 2 heterocycles. The number of methoxy groups -OCH3 is 2. The average Bonchev–Trinajstić information content (AvgIpc) is 3.40. The highest BCUT2D eigenvalue weighted by atomic mass is 16.5. The molecule has 7 nitrogen and oxygen atoms in total. The van der Waals surface area contributed by atoms with Gasteiger partial charge in [0.25, 0.3) is 5.56 Å². The molecule has 0 saturated carbocycles. The lowest BCUT2D eigenvalue weighted by Crippen LogP contribution is -2.26. The first-order chi connectivity index (χ1) is 14.7. The van der Waals surface area contributed by atoms with E-state index in [4.69, 9.17) is 9.47 Å². The van der Waals surface area contributed by atoms with Crippen molar-refractivity contribution in [2.45, 2.75) is 13.1 Å². The molecule has 0 fully saturated rings. The highest BCUT2D eigenvalue weighted by Gasteiger charge is 2.33. The molecule has 0 radical (unpaired) electrons. The predicted octanol–water partition coefficient (Wildman–Crippen LogP) is 3.13. The van der Waals surface area contributed by atoms with Crippen LogP contribution in [0.25, 0.3) is 22.0 Å². The van der Waals surface area contributed by atoms with E-state index in [1.165, 1.54) is 14.2 Å². The van der Waals surface area contributed by atoms with Gasteiger partial charge in [-0.25, -0.2) is 0 Å². The minimum atomic E-state index is -0.226. The van der Waals surface area contributed by atoms with Crippen molar-refractivity contribution in [3.05, 3.63) is 76.3 Å². The number of nitrogens with zero attached hydrogens (tertiary/aromatic N) is 3. The summed E-state index contributed by atoms with van der Waals surface area (Å²) in [7, 11) is 3.02. The fraction of sp³-hybridized carbons (Fsp3) is 0.174. The highest BCUT2D eigenvalue weighted by Crippen LogP contribution is 2.42. The van der Waals surface area contributed by atoms with Crippen LogP contribution in [0.15, 0.2) is 59.7 Å². The molecule has 150 valence electrons. The van der Waals surface area contributed by atoms with Crippen LogP contribution >= 0.6 is 0 Å². The van der Waals surface area contributed by atoms with Gasteiger partial charge in [0.2, 0.25) is 0 Å². The number of pyridine rings is 1. The maximum atomic E-state index is 13.7. The van der Waals surface area contributed by atoms with Crippen LogP contribution in [0.4, 0.5) is 0 Å². The number of ketones is 1. The number of ether oxygens (including phenoxy) is 2. The predicted molar refractivity (Wildman–Crippen MR) is 112 cm³/mol. The summed E-state index contributed by atoms with van der Waals surface area (Å²) in [5, 5.41) is 5.14. The molecule has 2 aromatic carbocycles. The third-order valence-corrected chi connectivity index (χ3v) is 5.55.